The number of hydrogen-bond donors (Lipinski definition) is 1. The van der Waals surface area contributed by atoms with Gasteiger partial charge in [0.25, 0.3) is 5.60 Å². The number of halogens is 8. The molecular weight excluding hydrogens is 376 g/mol. The van der Waals surface area contributed by atoms with Crippen LogP contribution in [-0.2, 0) is 4.79 Å². The first-order chi connectivity index (χ1) is 11.8. The standard InChI is InChI=1S/C16H10F8O2/c17-10-6-13(8-25,14(26,15(19,20)21)16(22,23)24)7-11(18)12(10)9-4-2-1-3-5-9/h1-6,8,26H,7H2. The number of alkyl halides is 6. The third-order valence-electron chi connectivity index (χ3n) is 4.11. The Bertz CT molecular complexity index is 747. The maximum absolute atomic E-state index is 14.4. The van der Waals surface area contributed by atoms with Crippen LogP contribution in [0.15, 0.2) is 48.1 Å². The van der Waals surface area contributed by atoms with E-state index >= 15 is 0 Å². The minimum atomic E-state index is -6.42. The Hall–Kier alpha value is -2.23. The van der Waals surface area contributed by atoms with Gasteiger partial charge in [-0.2, -0.15) is 26.3 Å². The molecule has 1 aliphatic carbocycles. The average Bonchev–Trinajstić information content (AvgIpc) is 2.52. The largest absolute Gasteiger partial charge is 0.427 e. The number of hydrogen-bond acceptors (Lipinski definition) is 2. The van der Waals surface area contributed by atoms with Crippen molar-refractivity contribution in [1.29, 1.82) is 0 Å². The van der Waals surface area contributed by atoms with Crippen LogP contribution in [0, 0.1) is 5.41 Å². The van der Waals surface area contributed by atoms with Gasteiger partial charge in [0.15, 0.2) is 0 Å². The van der Waals surface area contributed by atoms with Gasteiger partial charge in [-0.1, -0.05) is 30.3 Å². The van der Waals surface area contributed by atoms with Crippen LogP contribution in [0.2, 0.25) is 0 Å². The lowest BCUT2D eigenvalue weighted by Crippen LogP contribution is -2.67. The molecule has 10 heteroatoms. The number of carbonyl (C=O) groups excluding carboxylic acids is 1. The van der Waals surface area contributed by atoms with E-state index in [2.05, 4.69) is 0 Å². The Balaban J connectivity index is 2.70. The first kappa shape index (κ1) is 20.1. The summed E-state index contributed by atoms with van der Waals surface area (Å²) in [6, 6.07) is 6.50. The minimum absolute atomic E-state index is 0.152. The lowest BCUT2D eigenvalue weighted by molar-refractivity contribution is -0.390. The second kappa shape index (κ2) is 6.19. The van der Waals surface area contributed by atoms with Crippen LogP contribution in [0.4, 0.5) is 35.1 Å². The van der Waals surface area contributed by atoms with Gasteiger partial charge in [-0.05, 0) is 11.6 Å². The Labute approximate surface area is 141 Å². The number of aliphatic hydroxyl groups is 1. The highest BCUT2D eigenvalue weighted by Gasteiger charge is 2.79. The van der Waals surface area contributed by atoms with Gasteiger partial charge in [-0.25, -0.2) is 8.78 Å². The second-order valence-electron chi connectivity index (χ2n) is 5.68. The summed E-state index contributed by atoms with van der Waals surface area (Å²) in [4.78, 5) is 11.2. The molecule has 0 fully saturated rings. The van der Waals surface area contributed by atoms with Crippen LogP contribution in [0.5, 0.6) is 0 Å². The van der Waals surface area contributed by atoms with Crippen LogP contribution in [0.1, 0.15) is 12.0 Å². The van der Waals surface area contributed by atoms with Crippen molar-refractivity contribution in [1.82, 2.24) is 0 Å². The van der Waals surface area contributed by atoms with Gasteiger partial charge in [-0.3, -0.25) is 0 Å². The lowest BCUT2D eigenvalue weighted by Gasteiger charge is -2.44. The molecule has 0 bridgehead atoms. The Morgan fingerprint density at radius 3 is 1.85 bits per heavy atom. The number of allylic oxidation sites excluding steroid dienone is 3. The van der Waals surface area contributed by atoms with Crippen LogP contribution in [-0.4, -0.2) is 29.3 Å². The Morgan fingerprint density at radius 2 is 1.46 bits per heavy atom. The molecule has 1 N–H and O–H groups in total. The van der Waals surface area contributed by atoms with E-state index in [1.54, 1.807) is 0 Å². The highest BCUT2D eigenvalue weighted by molar-refractivity contribution is 5.83. The summed E-state index contributed by atoms with van der Waals surface area (Å²) < 4.78 is 107. The molecular formula is C16H10F8O2. The highest BCUT2D eigenvalue weighted by Crippen LogP contribution is 2.58. The van der Waals surface area contributed by atoms with Crippen LogP contribution >= 0.6 is 0 Å². The minimum Gasteiger partial charge on any atom is -0.373 e. The maximum atomic E-state index is 14.4. The van der Waals surface area contributed by atoms with E-state index in [0.29, 0.717) is 0 Å². The molecule has 142 valence electrons. The van der Waals surface area contributed by atoms with Crippen molar-refractivity contribution in [3.8, 4) is 0 Å². The number of benzene rings is 1. The predicted molar refractivity (Wildman–Crippen MR) is 73.8 cm³/mol. The molecule has 0 spiro atoms. The third kappa shape index (κ3) is 2.81. The van der Waals surface area contributed by atoms with Crippen molar-refractivity contribution in [2.24, 2.45) is 5.41 Å². The number of carbonyl (C=O) groups is 1. The van der Waals surface area contributed by atoms with E-state index in [9.17, 15) is 45.0 Å². The van der Waals surface area contributed by atoms with E-state index in [4.69, 9.17) is 0 Å². The Morgan fingerprint density at radius 1 is 0.962 bits per heavy atom. The maximum Gasteiger partial charge on any atom is 0.427 e. The highest BCUT2D eigenvalue weighted by atomic mass is 19.4. The monoisotopic (exact) mass is 386 g/mol. The van der Waals surface area contributed by atoms with Crippen LogP contribution in [0.25, 0.3) is 5.57 Å². The molecule has 0 saturated carbocycles. The zero-order valence-electron chi connectivity index (χ0n) is 12.6. The van der Waals surface area contributed by atoms with Gasteiger partial charge in [0, 0.05) is 12.0 Å². The first-order valence-electron chi connectivity index (χ1n) is 6.95. The van der Waals surface area contributed by atoms with Crippen molar-refractivity contribution in [3.63, 3.8) is 0 Å². The fourth-order valence-electron chi connectivity index (χ4n) is 2.81. The fraction of sp³-hybridized carbons (Fsp3) is 0.312. The molecule has 1 atom stereocenters. The summed E-state index contributed by atoms with van der Waals surface area (Å²) in [5.74, 6) is -3.55. The normalized spacial score (nSPS) is 22.3. The molecule has 2 rings (SSSR count). The summed E-state index contributed by atoms with van der Waals surface area (Å²) in [5, 5.41) is 9.47. The van der Waals surface area contributed by atoms with E-state index in [0.717, 1.165) is 0 Å². The summed E-state index contributed by atoms with van der Waals surface area (Å²) in [6.45, 7) is 0. The zero-order chi connectivity index (χ0) is 20.0. The molecule has 1 aromatic carbocycles. The first-order valence-corrected chi connectivity index (χ1v) is 6.95. The molecule has 0 heterocycles. The lowest BCUT2D eigenvalue weighted by atomic mass is 9.66. The average molecular weight is 386 g/mol. The summed E-state index contributed by atoms with van der Waals surface area (Å²) in [7, 11) is 0. The van der Waals surface area contributed by atoms with Crippen LogP contribution in [0.3, 0.4) is 0 Å². The number of rotatable bonds is 3. The third-order valence-corrected chi connectivity index (χ3v) is 4.11. The molecule has 1 aliphatic rings. The van der Waals surface area contributed by atoms with Crippen molar-refractivity contribution < 1.29 is 45.0 Å². The second-order valence-corrected chi connectivity index (χ2v) is 5.68. The van der Waals surface area contributed by atoms with E-state index in [1.165, 1.54) is 30.3 Å². The molecule has 0 aromatic heterocycles. The number of aldehydes is 1. The van der Waals surface area contributed by atoms with E-state index < -0.39 is 53.3 Å². The van der Waals surface area contributed by atoms with Gasteiger partial charge in [-0.15, -0.1) is 0 Å². The molecule has 0 aliphatic heterocycles. The molecule has 1 aromatic rings. The summed E-state index contributed by atoms with van der Waals surface area (Å²) in [6.07, 6.45) is -15.9. The smallest absolute Gasteiger partial charge is 0.373 e. The van der Waals surface area contributed by atoms with E-state index in [1.807, 2.05) is 0 Å². The summed E-state index contributed by atoms with van der Waals surface area (Å²) >= 11 is 0. The van der Waals surface area contributed by atoms with Crippen LogP contribution < -0.4 is 0 Å². The molecule has 2 nitrogen and oxygen atoms in total. The molecule has 26 heavy (non-hydrogen) atoms. The summed E-state index contributed by atoms with van der Waals surface area (Å²) in [5.41, 5.74) is -10.7. The van der Waals surface area contributed by atoms with Gasteiger partial charge in [0.05, 0.1) is 0 Å². The van der Waals surface area contributed by atoms with Crippen molar-refractivity contribution in [2.75, 3.05) is 0 Å². The SMILES string of the molecule is O=CC1(C(O)(C(F)(F)F)C(F)(F)F)C=C(F)C(c2ccccc2)=C(F)C1. The van der Waals surface area contributed by atoms with E-state index in [-0.39, 0.29) is 11.6 Å². The van der Waals surface area contributed by atoms with Gasteiger partial charge in [0.1, 0.15) is 23.4 Å². The van der Waals surface area contributed by atoms with Gasteiger partial charge in [0.2, 0.25) is 0 Å². The van der Waals surface area contributed by atoms with Crippen molar-refractivity contribution in [2.45, 2.75) is 24.4 Å². The van der Waals surface area contributed by atoms with Gasteiger partial charge < -0.3 is 9.90 Å². The van der Waals surface area contributed by atoms with Crippen molar-refractivity contribution in [3.05, 3.63) is 53.6 Å². The van der Waals surface area contributed by atoms with Gasteiger partial charge >= 0.3 is 12.4 Å². The zero-order valence-corrected chi connectivity index (χ0v) is 12.6. The molecule has 1 unspecified atom stereocenters. The predicted octanol–water partition coefficient (Wildman–Crippen LogP) is 4.67. The molecule has 0 saturated heterocycles. The topological polar surface area (TPSA) is 37.3 Å². The molecule has 0 amide bonds. The quantitative estimate of drug-likeness (QED) is 0.606. The fourth-order valence-corrected chi connectivity index (χ4v) is 2.81. The Kier molecular flexibility index (Phi) is 4.78. The van der Waals surface area contributed by atoms with Crippen molar-refractivity contribution >= 4 is 11.9 Å². The molecule has 0 radical (unpaired) electrons.